The number of rotatable bonds is 15. The van der Waals surface area contributed by atoms with Crippen LogP contribution in [0.3, 0.4) is 0 Å². The molecule has 11 atom stereocenters. The van der Waals surface area contributed by atoms with E-state index >= 15 is 0 Å². The lowest BCUT2D eigenvalue weighted by molar-refractivity contribution is -0.151. The Bertz CT molecular complexity index is 1340. The molecule has 3 rings (SSSR count). The minimum Gasteiger partial charge on any atom is -0.458 e. The van der Waals surface area contributed by atoms with Gasteiger partial charge in [-0.15, -0.1) is 0 Å². The van der Waals surface area contributed by atoms with Crippen molar-refractivity contribution in [2.24, 2.45) is 23.5 Å². The van der Waals surface area contributed by atoms with Crippen LogP contribution in [-0.4, -0.2) is 95.5 Å². The third-order valence-corrected chi connectivity index (χ3v) is 10.4. The van der Waals surface area contributed by atoms with Crippen LogP contribution in [0, 0.1) is 17.8 Å². The average Bonchev–Trinajstić information content (AvgIpc) is 3.85. The molecule has 1 aromatic carbocycles. The van der Waals surface area contributed by atoms with E-state index < -0.39 is 35.9 Å². The summed E-state index contributed by atoms with van der Waals surface area (Å²) in [7, 11) is 1.71. The van der Waals surface area contributed by atoms with Crippen LogP contribution < -0.4 is 5.73 Å². The highest BCUT2D eigenvalue weighted by Crippen LogP contribution is 2.41. The Balaban J connectivity index is 1.94. The van der Waals surface area contributed by atoms with E-state index in [4.69, 9.17) is 36.3 Å². The number of epoxide rings is 1. The van der Waals surface area contributed by atoms with Crippen molar-refractivity contribution in [2.75, 3.05) is 20.2 Å². The molecule has 2 aliphatic heterocycles. The smallest absolute Gasteiger partial charge is 0.309 e. The summed E-state index contributed by atoms with van der Waals surface area (Å²) in [5, 5.41) is 23.4. The van der Waals surface area contributed by atoms with Crippen LogP contribution in [0.15, 0.2) is 60.2 Å². The number of carbonyl (C=O) groups is 2. The molecule has 11 unspecified atom stereocenters. The van der Waals surface area contributed by atoms with Gasteiger partial charge in [0, 0.05) is 50.5 Å². The standard InChI is InChI=1S/C40H61ClN2O8/c1-9-33(48-8)28(5)37-38(51-37)39(43(22-21-42)24-30-14-16-31(41)17-15-30)40(7,47)20-10-11-26(3)36-27(4)13-19-34(49-29(6)44)25(2)12-18-32(45)23-35(46)50-36/h10-11,13-17,19-20,25,27-28,32-34,36-39,45,47H,9,12,18,21-24,42H2,1-8H3. The van der Waals surface area contributed by atoms with Crippen LogP contribution in [0.5, 0.6) is 0 Å². The molecule has 0 aromatic heterocycles. The number of ether oxygens (including phenoxy) is 4. The van der Waals surface area contributed by atoms with Crippen LogP contribution in [0.25, 0.3) is 0 Å². The molecule has 51 heavy (non-hydrogen) atoms. The fourth-order valence-corrected chi connectivity index (χ4v) is 7.35. The van der Waals surface area contributed by atoms with Crippen molar-refractivity contribution in [3.63, 3.8) is 0 Å². The largest absolute Gasteiger partial charge is 0.458 e. The van der Waals surface area contributed by atoms with Gasteiger partial charge in [0.25, 0.3) is 0 Å². The molecule has 0 amide bonds. The first-order valence-corrected chi connectivity index (χ1v) is 18.7. The minimum atomic E-state index is -1.36. The maximum atomic E-state index is 12.9. The van der Waals surface area contributed by atoms with Gasteiger partial charge < -0.3 is 34.9 Å². The van der Waals surface area contributed by atoms with Gasteiger partial charge in [0.05, 0.1) is 36.4 Å². The van der Waals surface area contributed by atoms with Gasteiger partial charge in [-0.1, -0.05) is 75.7 Å². The molecule has 1 aromatic rings. The van der Waals surface area contributed by atoms with Gasteiger partial charge in [-0.25, -0.2) is 0 Å². The topological polar surface area (TPSA) is 144 Å². The number of nitrogens with two attached hydrogens (primary N) is 1. The van der Waals surface area contributed by atoms with E-state index in [2.05, 4.69) is 18.7 Å². The van der Waals surface area contributed by atoms with E-state index in [1.54, 1.807) is 26.2 Å². The molecule has 2 aliphatic rings. The fraction of sp³-hybridized carbons (Fsp3) is 0.650. The summed E-state index contributed by atoms with van der Waals surface area (Å²) in [5.74, 6) is -1.09. The van der Waals surface area contributed by atoms with Crippen molar-refractivity contribution in [3.05, 3.63) is 70.8 Å². The van der Waals surface area contributed by atoms with E-state index in [0.29, 0.717) is 37.5 Å². The highest BCUT2D eigenvalue weighted by molar-refractivity contribution is 6.30. The Morgan fingerprint density at radius 2 is 1.86 bits per heavy atom. The number of hydrogen-bond acceptors (Lipinski definition) is 10. The molecule has 286 valence electrons. The summed E-state index contributed by atoms with van der Waals surface area (Å²) < 4.78 is 23.6. The third kappa shape index (κ3) is 12.8. The van der Waals surface area contributed by atoms with Gasteiger partial charge in [0.15, 0.2) is 0 Å². The van der Waals surface area contributed by atoms with Crippen molar-refractivity contribution >= 4 is 23.5 Å². The number of esters is 2. The second-order valence-corrected chi connectivity index (χ2v) is 15.0. The van der Waals surface area contributed by atoms with E-state index in [-0.39, 0.29) is 48.5 Å². The molecule has 0 aliphatic carbocycles. The minimum absolute atomic E-state index is 0.0178. The van der Waals surface area contributed by atoms with Crippen LogP contribution in [0.4, 0.5) is 0 Å². The van der Waals surface area contributed by atoms with Crippen molar-refractivity contribution in [1.29, 1.82) is 0 Å². The summed E-state index contributed by atoms with van der Waals surface area (Å²) in [6.45, 7) is 14.6. The SMILES string of the molecule is CCC(OC)C(C)C1OC1C(N(CCN)Cc1ccc(Cl)cc1)C(C)(O)C=CC=C(C)C1OC(=O)CC(O)CCC(C)C(OC(C)=O)C=CC1C. The summed E-state index contributed by atoms with van der Waals surface area (Å²) in [6.07, 6.45) is 8.43. The zero-order valence-corrected chi connectivity index (χ0v) is 32.4. The van der Waals surface area contributed by atoms with Crippen LogP contribution in [-0.2, 0) is 35.1 Å². The van der Waals surface area contributed by atoms with E-state index in [1.165, 1.54) is 6.92 Å². The van der Waals surface area contributed by atoms with Gasteiger partial charge in [-0.2, -0.15) is 0 Å². The Hall–Kier alpha value is -2.57. The van der Waals surface area contributed by atoms with Gasteiger partial charge in [0.1, 0.15) is 18.3 Å². The summed E-state index contributed by atoms with van der Waals surface area (Å²) in [6, 6.07) is 7.19. The van der Waals surface area contributed by atoms with Gasteiger partial charge in [-0.05, 0) is 68.4 Å². The van der Waals surface area contributed by atoms with Crippen LogP contribution in [0.1, 0.15) is 79.7 Å². The lowest BCUT2D eigenvalue weighted by Gasteiger charge is -2.39. The zero-order valence-electron chi connectivity index (χ0n) is 31.7. The number of hydrogen-bond donors (Lipinski definition) is 3. The predicted octanol–water partition coefficient (Wildman–Crippen LogP) is 5.77. The van der Waals surface area contributed by atoms with E-state index in [0.717, 1.165) is 17.6 Å². The summed E-state index contributed by atoms with van der Waals surface area (Å²) in [5.41, 5.74) is 6.54. The predicted molar refractivity (Wildman–Crippen MR) is 200 cm³/mol. The van der Waals surface area contributed by atoms with E-state index in [9.17, 15) is 19.8 Å². The molecule has 4 N–H and O–H groups in total. The first kappa shape index (κ1) is 42.8. The number of methoxy groups -OCH3 is 1. The first-order chi connectivity index (χ1) is 24.1. The molecule has 10 nitrogen and oxygen atoms in total. The fourth-order valence-electron chi connectivity index (χ4n) is 7.22. The number of carbonyl (C=O) groups excluding carboxylic acids is 2. The van der Waals surface area contributed by atoms with Gasteiger partial charge in [0.2, 0.25) is 0 Å². The molecular weight excluding hydrogens is 672 g/mol. The molecule has 0 bridgehead atoms. The summed E-state index contributed by atoms with van der Waals surface area (Å²) in [4.78, 5) is 26.9. The lowest BCUT2D eigenvalue weighted by atomic mass is 9.86. The van der Waals surface area contributed by atoms with Crippen molar-refractivity contribution in [2.45, 2.75) is 129 Å². The number of allylic oxidation sites excluding steroid dienone is 2. The average molecular weight is 733 g/mol. The maximum absolute atomic E-state index is 12.9. The number of aliphatic hydroxyl groups is 2. The van der Waals surface area contributed by atoms with Gasteiger partial charge >= 0.3 is 11.9 Å². The van der Waals surface area contributed by atoms with Crippen molar-refractivity contribution < 1.29 is 38.7 Å². The second kappa shape index (κ2) is 20.0. The molecule has 11 heteroatoms. The Labute approximate surface area is 310 Å². The zero-order chi connectivity index (χ0) is 37.9. The summed E-state index contributed by atoms with van der Waals surface area (Å²) >= 11 is 6.17. The second-order valence-electron chi connectivity index (χ2n) is 14.6. The quantitative estimate of drug-likeness (QED) is 0.0881. The molecule has 2 heterocycles. The van der Waals surface area contributed by atoms with E-state index in [1.807, 2.05) is 63.3 Å². The van der Waals surface area contributed by atoms with Crippen LogP contribution in [0.2, 0.25) is 5.02 Å². The number of cyclic esters (lactones) is 1. The van der Waals surface area contributed by atoms with Crippen LogP contribution >= 0.6 is 11.6 Å². The molecule has 0 spiro atoms. The molecule has 1 fully saturated rings. The first-order valence-electron chi connectivity index (χ1n) is 18.3. The van der Waals surface area contributed by atoms with Gasteiger partial charge in [-0.3, -0.25) is 14.5 Å². The Kier molecular flexibility index (Phi) is 16.8. The van der Waals surface area contributed by atoms with Crippen molar-refractivity contribution in [3.8, 4) is 0 Å². The highest BCUT2D eigenvalue weighted by Gasteiger charge is 2.56. The number of aliphatic hydroxyl groups excluding tert-OH is 1. The molecular formula is C40H61ClN2O8. The third-order valence-electron chi connectivity index (χ3n) is 10.2. The normalized spacial score (nSPS) is 29.4. The number of benzene rings is 1. The maximum Gasteiger partial charge on any atom is 0.309 e. The Morgan fingerprint density at radius 3 is 2.47 bits per heavy atom. The monoisotopic (exact) mass is 732 g/mol. The number of halogens is 1. The molecule has 0 radical (unpaired) electrons. The van der Waals surface area contributed by atoms with Crippen molar-refractivity contribution in [1.82, 2.24) is 4.90 Å². The molecule has 1 saturated heterocycles. The Morgan fingerprint density at radius 1 is 1.18 bits per heavy atom. The molecule has 0 saturated carbocycles. The highest BCUT2D eigenvalue weighted by atomic mass is 35.5. The number of nitrogens with zero attached hydrogens (tertiary/aromatic N) is 1. The lowest BCUT2D eigenvalue weighted by Crippen LogP contribution is -2.55.